The maximum atomic E-state index is 10.7. The average Bonchev–Trinajstić information content (AvgIpc) is 2.07. The Balaban J connectivity index is 2.82. The Morgan fingerprint density at radius 2 is 2.50 bits per heavy atom. The van der Waals surface area contributed by atoms with Gasteiger partial charge >= 0.3 is 5.69 Å². The molecule has 0 aliphatic carbocycles. The van der Waals surface area contributed by atoms with Crippen molar-refractivity contribution in [3.05, 3.63) is 21.7 Å². The summed E-state index contributed by atoms with van der Waals surface area (Å²) >= 11 is 5.67. The summed E-state index contributed by atoms with van der Waals surface area (Å²) in [5, 5.41) is 0.322. The van der Waals surface area contributed by atoms with Gasteiger partial charge in [-0.05, 0) is 6.42 Å². The third-order valence-corrected chi connectivity index (χ3v) is 1.45. The molecule has 66 valence electrons. The fourth-order valence-corrected chi connectivity index (χ4v) is 0.823. The van der Waals surface area contributed by atoms with E-state index in [9.17, 15) is 4.79 Å². The molecule has 0 atom stereocenters. The Bertz CT molecular complexity index is 311. The molecule has 1 N–H and O–H groups in total. The van der Waals surface area contributed by atoms with Crippen molar-refractivity contribution < 1.29 is 4.74 Å². The molecule has 0 radical (unpaired) electrons. The second-order valence-electron chi connectivity index (χ2n) is 2.21. The number of hydrogen-bond donors (Lipinski definition) is 1. The van der Waals surface area contributed by atoms with Crippen molar-refractivity contribution >= 4 is 11.6 Å². The number of aromatic nitrogens is 2. The van der Waals surface area contributed by atoms with E-state index in [4.69, 9.17) is 16.3 Å². The molecule has 1 aromatic heterocycles. The van der Waals surface area contributed by atoms with E-state index in [2.05, 4.69) is 9.97 Å². The standard InChI is InChI=1S/C7H9ClN2O2/c1-2-3-12-6-5(8)4-9-7(11)10-6/h4H,2-3H2,1H3,(H,9,10,11). The monoisotopic (exact) mass is 188 g/mol. The van der Waals surface area contributed by atoms with Crippen molar-refractivity contribution in [1.82, 2.24) is 9.97 Å². The minimum absolute atomic E-state index is 0.290. The van der Waals surface area contributed by atoms with Crippen LogP contribution in [-0.4, -0.2) is 16.6 Å². The highest BCUT2D eigenvalue weighted by Gasteiger charge is 2.01. The summed E-state index contributed by atoms with van der Waals surface area (Å²) in [6.07, 6.45) is 2.13. The molecule has 0 aliphatic rings. The lowest BCUT2D eigenvalue weighted by molar-refractivity contribution is 0.304. The molecule has 0 aromatic carbocycles. The highest BCUT2D eigenvalue weighted by Crippen LogP contribution is 2.17. The van der Waals surface area contributed by atoms with E-state index in [1.54, 1.807) is 0 Å². The van der Waals surface area contributed by atoms with Gasteiger partial charge in [-0.25, -0.2) is 4.79 Å². The van der Waals surface area contributed by atoms with E-state index in [1.807, 2.05) is 6.92 Å². The lowest BCUT2D eigenvalue weighted by atomic mass is 10.5. The third-order valence-electron chi connectivity index (χ3n) is 1.18. The number of nitrogens with one attached hydrogen (secondary N) is 1. The minimum atomic E-state index is -0.453. The lowest BCUT2D eigenvalue weighted by Gasteiger charge is -2.03. The van der Waals surface area contributed by atoms with E-state index in [-0.39, 0.29) is 0 Å². The van der Waals surface area contributed by atoms with E-state index in [0.29, 0.717) is 17.5 Å². The first-order chi connectivity index (χ1) is 5.74. The highest BCUT2D eigenvalue weighted by molar-refractivity contribution is 6.31. The Kier molecular flexibility index (Phi) is 3.10. The van der Waals surface area contributed by atoms with Gasteiger partial charge in [-0.3, -0.25) is 4.98 Å². The lowest BCUT2D eigenvalue weighted by Crippen LogP contribution is -2.11. The number of ether oxygens (including phenoxy) is 1. The Morgan fingerprint density at radius 3 is 3.17 bits per heavy atom. The second-order valence-corrected chi connectivity index (χ2v) is 2.62. The van der Waals surface area contributed by atoms with Gasteiger partial charge in [0.1, 0.15) is 5.02 Å². The smallest absolute Gasteiger partial charge is 0.347 e. The van der Waals surface area contributed by atoms with Gasteiger partial charge in [-0.1, -0.05) is 18.5 Å². The van der Waals surface area contributed by atoms with Gasteiger partial charge in [0, 0.05) is 0 Å². The van der Waals surface area contributed by atoms with Crippen molar-refractivity contribution in [3.8, 4) is 5.88 Å². The number of H-pyrrole nitrogens is 1. The fourth-order valence-electron chi connectivity index (χ4n) is 0.672. The highest BCUT2D eigenvalue weighted by atomic mass is 35.5. The zero-order valence-corrected chi connectivity index (χ0v) is 7.39. The summed E-state index contributed by atoms with van der Waals surface area (Å²) in [6, 6.07) is 0. The average molecular weight is 189 g/mol. The molecular weight excluding hydrogens is 180 g/mol. The quantitative estimate of drug-likeness (QED) is 0.776. The van der Waals surface area contributed by atoms with Crippen molar-refractivity contribution in [2.45, 2.75) is 13.3 Å². The maximum Gasteiger partial charge on any atom is 0.347 e. The Labute approximate surface area is 74.5 Å². The molecule has 1 rings (SSSR count). The normalized spacial score (nSPS) is 9.83. The predicted octanol–water partition coefficient (Wildman–Crippen LogP) is 1.21. The molecular formula is C7H9ClN2O2. The first kappa shape index (κ1) is 9.06. The van der Waals surface area contributed by atoms with Gasteiger partial charge in [-0.15, -0.1) is 0 Å². The van der Waals surface area contributed by atoms with Crippen LogP contribution in [0.2, 0.25) is 5.02 Å². The summed E-state index contributed by atoms with van der Waals surface area (Å²) in [6.45, 7) is 2.49. The fraction of sp³-hybridized carbons (Fsp3) is 0.429. The van der Waals surface area contributed by atoms with Crippen LogP contribution in [-0.2, 0) is 0 Å². The summed E-state index contributed by atoms with van der Waals surface area (Å²) < 4.78 is 5.14. The van der Waals surface area contributed by atoms with Gasteiger partial charge < -0.3 is 4.74 Å². The topological polar surface area (TPSA) is 55.0 Å². The SMILES string of the molecule is CCCOc1[nH]c(=O)ncc1Cl. The summed E-state index contributed by atoms with van der Waals surface area (Å²) in [5.74, 6) is 0.290. The van der Waals surface area contributed by atoms with E-state index < -0.39 is 5.69 Å². The molecule has 0 aliphatic heterocycles. The molecule has 0 saturated carbocycles. The first-order valence-corrected chi connectivity index (χ1v) is 3.99. The van der Waals surface area contributed by atoms with E-state index >= 15 is 0 Å². The molecule has 1 heterocycles. The van der Waals surface area contributed by atoms with Crippen LogP contribution >= 0.6 is 11.6 Å². The van der Waals surface area contributed by atoms with Crippen LogP contribution in [0.5, 0.6) is 5.88 Å². The van der Waals surface area contributed by atoms with Gasteiger partial charge in [0.25, 0.3) is 0 Å². The molecule has 0 bridgehead atoms. The maximum absolute atomic E-state index is 10.7. The molecule has 5 heteroatoms. The first-order valence-electron chi connectivity index (χ1n) is 3.61. The number of rotatable bonds is 3. The molecule has 0 spiro atoms. The van der Waals surface area contributed by atoms with Crippen molar-refractivity contribution in [3.63, 3.8) is 0 Å². The number of aromatic amines is 1. The second kappa shape index (κ2) is 4.11. The van der Waals surface area contributed by atoms with Crippen LogP contribution in [0.1, 0.15) is 13.3 Å². The van der Waals surface area contributed by atoms with Crippen LogP contribution in [0, 0.1) is 0 Å². The molecule has 0 saturated heterocycles. The van der Waals surface area contributed by atoms with E-state index in [0.717, 1.165) is 6.42 Å². The summed E-state index contributed by atoms with van der Waals surface area (Å²) in [4.78, 5) is 16.5. The zero-order valence-electron chi connectivity index (χ0n) is 6.63. The van der Waals surface area contributed by atoms with Crippen molar-refractivity contribution in [1.29, 1.82) is 0 Å². The van der Waals surface area contributed by atoms with E-state index in [1.165, 1.54) is 6.20 Å². The number of nitrogens with zero attached hydrogens (tertiary/aromatic N) is 1. The predicted molar refractivity (Wildman–Crippen MR) is 45.7 cm³/mol. The number of hydrogen-bond acceptors (Lipinski definition) is 3. The summed E-state index contributed by atoms with van der Waals surface area (Å²) in [7, 11) is 0. The van der Waals surface area contributed by atoms with Crippen LogP contribution in [0.3, 0.4) is 0 Å². The van der Waals surface area contributed by atoms with Crippen molar-refractivity contribution in [2.75, 3.05) is 6.61 Å². The molecule has 0 fully saturated rings. The largest absolute Gasteiger partial charge is 0.478 e. The molecule has 12 heavy (non-hydrogen) atoms. The molecule has 4 nitrogen and oxygen atoms in total. The molecule has 1 aromatic rings. The van der Waals surface area contributed by atoms with Crippen LogP contribution in [0.25, 0.3) is 0 Å². The minimum Gasteiger partial charge on any atom is -0.478 e. The third kappa shape index (κ3) is 2.23. The van der Waals surface area contributed by atoms with Gasteiger partial charge in [0.2, 0.25) is 5.88 Å². The van der Waals surface area contributed by atoms with Gasteiger partial charge in [0.15, 0.2) is 0 Å². The van der Waals surface area contributed by atoms with Crippen LogP contribution in [0.15, 0.2) is 11.0 Å². The van der Waals surface area contributed by atoms with Crippen LogP contribution in [0.4, 0.5) is 0 Å². The van der Waals surface area contributed by atoms with Crippen LogP contribution < -0.4 is 10.4 Å². The molecule has 0 amide bonds. The Morgan fingerprint density at radius 1 is 1.75 bits per heavy atom. The summed E-state index contributed by atoms with van der Waals surface area (Å²) in [5.41, 5.74) is -0.453. The Hall–Kier alpha value is -1.03. The van der Waals surface area contributed by atoms with Gasteiger partial charge in [-0.2, -0.15) is 4.98 Å². The van der Waals surface area contributed by atoms with Gasteiger partial charge in [0.05, 0.1) is 12.8 Å². The van der Waals surface area contributed by atoms with Crippen molar-refractivity contribution in [2.24, 2.45) is 0 Å². The zero-order chi connectivity index (χ0) is 8.97. The molecule has 0 unspecified atom stereocenters. The number of halogens is 1.